The van der Waals surface area contributed by atoms with Gasteiger partial charge in [0.2, 0.25) is 0 Å². The first kappa shape index (κ1) is 17.8. The first-order valence-electron chi connectivity index (χ1n) is 9.54. The van der Waals surface area contributed by atoms with E-state index in [9.17, 15) is 4.39 Å². The van der Waals surface area contributed by atoms with E-state index in [0.717, 1.165) is 32.2 Å². The Kier molecular flexibility index (Phi) is 3.90. The van der Waals surface area contributed by atoms with Crippen LogP contribution in [0.15, 0.2) is 55.0 Å². The molecule has 5 aromatic heterocycles. The highest BCUT2D eigenvalue weighted by molar-refractivity contribution is 7.15. The molecule has 1 aromatic carbocycles. The number of thiazole rings is 1. The lowest BCUT2D eigenvalue weighted by atomic mass is 10.1. The summed E-state index contributed by atoms with van der Waals surface area (Å²) >= 11 is 1.59. The molecule has 0 fully saturated rings. The van der Waals surface area contributed by atoms with Crippen LogP contribution in [0.1, 0.15) is 5.01 Å². The second-order valence-corrected chi connectivity index (χ2v) is 8.32. The number of H-pyrrole nitrogens is 2. The first-order valence-corrected chi connectivity index (χ1v) is 10.4. The number of fused-ring (bicyclic) bond motifs is 2. The molecular weight excluding hydrogens is 413 g/mol. The molecule has 150 valence electrons. The molecule has 0 saturated heterocycles. The number of imidazole rings is 1. The molecule has 0 aliphatic rings. The van der Waals surface area contributed by atoms with Gasteiger partial charge in [-0.2, -0.15) is 5.10 Å². The number of nitrogens with zero attached hydrogens (tertiary/aromatic N) is 5. The van der Waals surface area contributed by atoms with E-state index < -0.39 is 0 Å². The van der Waals surface area contributed by atoms with Crippen LogP contribution < -0.4 is 0 Å². The van der Waals surface area contributed by atoms with Gasteiger partial charge in [-0.1, -0.05) is 12.1 Å². The molecule has 9 heteroatoms. The molecule has 0 spiro atoms. The Hall–Kier alpha value is -3.98. The predicted octanol–water partition coefficient (Wildman–Crippen LogP) is 5.13. The maximum Gasteiger partial charge on any atom is 0.161 e. The summed E-state index contributed by atoms with van der Waals surface area (Å²) in [7, 11) is 0. The lowest BCUT2D eigenvalue weighted by Crippen LogP contribution is -1.86. The highest BCUT2D eigenvalue weighted by Gasteiger charge is 2.17. The van der Waals surface area contributed by atoms with Crippen molar-refractivity contribution in [2.45, 2.75) is 6.92 Å². The number of hydrogen-bond acceptors (Lipinski definition) is 6. The van der Waals surface area contributed by atoms with Crippen molar-refractivity contribution < 1.29 is 4.39 Å². The van der Waals surface area contributed by atoms with E-state index in [4.69, 9.17) is 9.97 Å². The summed E-state index contributed by atoms with van der Waals surface area (Å²) in [6.45, 7) is 1.97. The van der Waals surface area contributed by atoms with Crippen molar-refractivity contribution in [3.05, 3.63) is 65.8 Å². The van der Waals surface area contributed by atoms with Crippen LogP contribution in [0.4, 0.5) is 4.39 Å². The normalized spacial score (nSPS) is 11.5. The molecule has 6 rings (SSSR count). The minimum Gasteiger partial charge on any atom is -0.335 e. The van der Waals surface area contributed by atoms with Crippen molar-refractivity contribution in [2.24, 2.45) is 0 Å². The minimum atomic E-state index is -0.307. The van der Waals surface area contributed by atoms with Crippen LogP contribution in [0, 0.1) is 12.7 Å². The summed E-state index contributed by atoms with van der Waals surface area (Å²) in [5.74, 6) is 0.260. The van der Waals surface area contributed by atoms with Gasteiger partial charge < -0.3 is 4.98 Å². The van der Waals surface area contributed by atoms with Gasteiger partial charge in [0.15, 0.2) is 11.5 Å². The van der Waals surface area contributed by atoms with Crippen LogP contribution in [-0.2, 0) is 0 Å². The number of nitrogens with one attached hydrogen (secondary N) is 2. The Morgan fingerprint density at radius 2 is 1.90 bits per heavy atom. The molecule has 0 saturated carbocycles. The largest absolute Gasteiger partial charge is 0.335 e. The zero-order valence-electron chi connectivity index (χ0n) is 16.2. The van der Waals surface area contributed by atoms with Crippen molar-refractivity contribution in [3.8, 4) is 33.2 Å². The van der Waals surface area contributed by atoms with E-state index in [2.05, 4.69) is 25.1 Å². The van der Waals surface area contributed by atoms with E-state index in [1.165, 1.54) is 12.1 Å². The van der Waals surface area contributed by atoms with Gasteiger partial charge in [-0.25, -0.2) is 19.3 Å². The van der Waals surface area contributed by atoms with Crippen molar-refractivity contribution in [1.82, 2.24) is 35.1 Å². The van der Waals surface area contributed by atoms with E-state index in [1.807, 2.05) is 31.3 Å². The predicted molar refractivity (Wildman–Crippen MR) is 118 cm³/mol. The van der Waals surface area contributed by atoms with Gasteiger partial charge in [0, 0.05) is 18.0 Å². The Balaban J connectivity index is 1.51. The molecule has 5 heterocycles. The fourth-order valence-electron chi connectivity index (χ4n) is 3.59. The minimum absolute atomic E-state index is 0.307. The third-order valence-corrected chi connectivity index (χ3v) is 5.97. The summed E-state index contributed by atoms with van der Waals surface area (Å²) in [5, 5.41) is 8.45. The van der Waals surface area contributed by atoms with Crippen molar-refractivity contribution >= 4 is 33.4 Å². The van der Waals surface area contributed by atoms with Gasteiger partial charge >= 0.3 is 0 Å². The molecular formula is C22H14FN7S. The third kappa shape index (κ3) is 2.98. The number of aromatic nitrogens is 7. The Labute approximate surface area is 179 Å². The zero-order chi connectivity index (χ0) is 20.9. The highest BCUT2D eigenvalue weighted by Crippen LogP contribution is 2.32. The number of aryl methyl sites for hydroxylation is 1. The maximum atomic E-state index is 13.8. The van der Waals surface area contributed by atoms with Gasteiger partial charge in [0.1, 0.15) is 11.3 Å². The molecule has 7 nitrogen and oxygen atoms in total. The smallest absolute Gasteiger partial charge is 0.161 e. The van der Waals surface area contributed by atoms with E-state index in [-0.39, 0.29) is 5.82 Å². The number of hydrogen-bond donors (Lipinski definition) is 2. The average molecular weight is 427 g/mol. The first-order chi connectivity index (χ1) is 15.2. The Morgan fingerprint density at radius 1 is 0.968 bits per heavy atom. The van der Waals surface area contributed by atoms with E-state index >= 15 is 0 Å². The van der Waals surface area contributed by atoms with Crippen LogP contribution in [-0.4, -0.2) is 35.1 Å². The lowest BCUT2D eigenvalue weighted by Gasteiger charge is -2.01. The summed E-state index contributed by atoms with van der Waals surface area (Å²) in [6, 6.07) is 10.3. The van der Waals surface area contributed by atoms with Gasteiger partial charge in [0.05, 0.1) is 38.3 Å². The number of benzene rings is 1. The number of pyridine rings is 2. The third-order valence-electron chi connectivity index (χ3n) is 5.04. The monoisotopic (exact) mass is 427 g/mol. The van der Waals surface area contributed by atoms with Gasteiger partial charge in [0.25, 0.3) is 0 Å². The molecule has 0 amide bonds. The van der Waals surface area contributed by atoms with Gasteiger partial charge in [-0.3, -0.25) is 10.1 Å². The van der Waals surface area contributed by atoms with Crippen LogP contribution in [0.25, 0.3) is 55.3 Å². The second-order valence-electron chi connectivity index (χ2n) is 7.09. The van der Waals surface area contributed by atoms with Crippen LogP contribution in [0.3, 0.4) is 0 Å². The number of halogens is 1. The molecule has 6 aromatic rings. The molecule has 2 N–H and O–H groups in total. The fraction of sp³-hybridized carbons (Fsp3) is 0.0455. The van der Waals surface area contributed by atoms with Crippen LogP contribution in [0.5, 0.6) is 0 Å². The maximum absolute atomic E-state index is 13.8. The fourth-order valence-corrected chi connectivity index (χ4v) is 4.34. The van der Waals surface area contributed by atoms with Crippen LogP contribution in [0.2, 0.25) is 0 Å². The standard InChI is InChI=1S/C22H14FN7S/c1-11-25-10-18(31-11)15-5-6-16-20(26-15)21(30-29-16)22-27-17-9-24-8-14(19(17)28-22)12-3-2-4-13(23)7-12/h2-10H,1H3,(H,27,28)(H,29,30). The summed E-state index contributed by atoms with van der Waals surface area (Å²) in [4.78, 5) is 22.5. The van der Waals surface area contributed by atoms with E-state index in [0.29, 0.717) is 28.1 Å². The van der Waals surface area contributed by atoms with Crippen LogP contribution >= 0.6 is 11.3 Å². The lowest BCUT2D eigenvalue weighted by molar-refractivity contribution is 0.628. The SMILES string of the molecule is Cc1ncc(-c2ccc3[nH]nc(-c4nc5c(-c6cccc(F)c6)cncc5[nH]4)c3n2)s1. The topological polar surface area (TPSA) is 96.0 Å². The second kappa shape index (κ2) is 6.78. The Bertz CT molecular complexity index is 1580. The molecule has 0 aliphatic carbocycles. The van der Waals surface area contributed by atoms with Crippen molar-refractivity contribution in [2.75, 3.05) is 0 Å². The summed E-state index contributed by atoms with van der Waals surface area (Å²) in [6.07, 6.45) is 5.21. The molecule has 31 heavy (non-hydrogen) atoms. The van der Waals surface area contributed by atoms with Gasteiger partial charge in [-0.05, 0) is 36.8 Å². The number of rotatable bonds is 3. The van der Waals surface area contributed by atoms with Crippen molar-refractivity contribution in [3.63, 3.8) is 0 Å². The molecule has 0 bridgehead atoms. The summed E-state index contributed by atoms with van der Waals surface area (Å²) < 4.78 is 13.8. The quantitative estimate of drug-likeness (QED) is 0.408. The van der Waals surface area contributed by atoms with E-state index in [1.54, 1.807) is 29.8 Å². The number of aromatic amines is 2. The molecule has 0 unspecified atom stereocenters. The summed E-state index contributed by atoms with van der Waals surface area (Å²) in [5.41, 5.74) is 5.85. The molecule has 0 aliphatic heterocycles. The molecule has 0 atom stereocenters. The zero-order valence-corrected chi connectivity index (χ0v) is 17.0. The Morgan fingerprint density at radius 3 is 2.74 bits per heavy atom. The average Bonchev–Trinajstić information content (AvgIpc) is 3.50. The van der Waals surface area contributed by atoms with Gasteiger partial charge in [-0.15, -0.1) is 11.3 Å². The van der Waals surface area contributed by atoms with Crippen molar-refractivity contribution in [1.29, 1.82) is 0 Å². The highest BCUT2D eigenvalue weighted by atomic mass is 32.1. The molecule has 0 radical (unpaired) electrons.